The lowest BCUT2D eigenvalue weighted by Crippen LogP contribution is -2.59. The number of urea groups is 1. The van der Waals surface area contributed by atoms with Crippen LogP contribution in [0.1, 0.15) is 98.8 Å². The van der Waals surface area contributed by atoms with Crippen molar-refractivity contribution in [2.45, 2.75) is 140 Å². The van der Waals surface area contributed by atoms with E-state index in [1.165, 1.54) is 12.4 Å². The van der Waals surface area contributed by atoms with Crippen LogP contribution in [-0.2, 0) is 38.4 Å². The van der Waals surface area contributed by atoms with E-state index in [9.17, 15) is 48.3 Å². The third kappa shape index (κ3) is 18.3. The summed E-state index contributed by atoms with van der Waals surface area (Å²) in [6.45, 7) is 7.60. The summed E-state index contributed by atoms with van der Waals surface area (Å²) in [5, 5.41) is 40.5. The quantitative estimate of drug-likeness (QED) is 0.0179. The standard InChI is InChI=1S/C38H66N10O11S/c1-6-21(4)31(45-35(55)23(15-20(2)3)16-28(51)48-59)37(57)46-32(22(5)49)36(56)42-17-29(52)41-18-30(53)43-24(34(39)54)11-9-10-14-40-27(50)13-8-7-12-26-33-25(19-60-26)44-38(58)47-33/h20-26,31-33,49,59H,6-19H2,1-5H3,(H2,39,54)(H,40,50)(H,41,52)(H,42,56)(H,43,53)(H,45,55)(H,46,57)(H,48,51)(H2,44,47,58)/t21-,22+,23?,24-,25-,26-,31-,32-,33-/m0/s1. The van der Waals surface area contributed by atoms with E-state index in [0.717, 1.165) is 25.0 Å². The molecule has 0 radical (unpaired) electrons. The van der Waals surface area contributed by atoms with Crippen molar-refractivity contribution in [1.82, 2.24) is 48.0 Å². The Kier molecular flexibility index (Phi) is 22.7. The van der Waals surface area contributed by atoms with Crippen molar-refractivity contribution in [3.8, 4) is 0 Å². The van der Waals surface area contributed by atoms with Crippen LogP contribution < -0.4 is 53.7 Å². The van der Waals surface area contributed by atoms with E-state index >= 15 is 0 Å². The molecule has 0 aromatic carbocycles. The topological polar surface area (TPSA) is 328 Å². The minimum Gasteiger partial charge on any atom is -0.391 e. The normalized spacial score (nSPS) is 19.8. The van der Waals surface area contributed by atoms with Gasteiger partial charge in [0, 0.05) is 36.3 Å². The number of carbonyl (C=O) groups is 9. The molecule has 0 aromatic rings. The average Bonchev–Trinajstić information content (AvgIpc) is 3.75. The number of hydrogen-bond acceptors (Lipinski definition) is 12. The molecule has 2 heterocycles. The maximum absolute atomic E-state index is 13.4. The Balaban J connectivity index is 1.73. The molecule has 22 heteroatoms. The number of thioether (sulfide) groups is 1. The summed E-state index contributed by atoms with van der Waals surface area (Å²) in [6.07, 6.45) is 3.04. The Morgan fingerprint density at radius 2 is 1.48 bits per heavy atom. The summed E-state index contributed by atoms with van der Waals surface area (Å²) in [4.78, 5) is 112. The third-order valence-corrected chi connectivity index (χ3v) is 11.9. The first-order valence-corrected chi connectivity index (χ1v) is 21.7. The lowest BCUT2D eigenvalue weighted by molar-refractivity contribution is -0.138. The van der Waals surface area contributed by atoms with Gasteiger partial charge in [0.1, 0.15) is 18.1 Å². The van der Waals surface area contributed by atoms with Gasteiger partial charge in [-0.2, -0.15) is 11.8 Å². The number of aliphatic hydroxyl groups is 1. The number of unbranched alkanes of at least 4 members (excludes halogenated alkanes) is 2. The van der Waals surface area contributed by atoms with Gasteiger partial charge in [-0.3, -0.25) is 43.6 Å². The second-order valence-corrected chi connectivity index (χ2v) is 17.2. The molecule has 2 rings (SSSR count). The summed E-state index contributed by atoms with van der Waals surface area (Å²) in [6, 6.07) is -3.55. The van der Waals surface area contributed by atoms with Crippen molar-refractivity contribution in [3.63, 3.8) is 0 Å². The van der Waals surface area contributed by atoms with E-state index in [2.05, 4.69) is 42.5 Å². The molecule has 0 spiro atoms. The maximum Gasteiger partial charge on any atom is 0.315 e. The Morgan fingerprint density at radius 3 is 2.12 bits per heavy atom. The lowest BCUT2D eigenvalue weighted by atomic mass is 9.91. The smallest absolute Gasteiger partial charge is 0.315 e. The van der Waals surface area contributed by atoms with Crippen LogP contribution in [0.15, 0.2) is 0 Å². The number of amides is 10. The predicted molar refractivity (Wildman–Crippen MR) is 220 cm³/mol. The monoisotopic (exact) mass is 870 g/mol. The van der Waals surface area contributed by atoms with Gasteiger partial charge in [-0.05, 0) is 57.3 Å². The summed E-state index contributed by atoms with van der Waals surface area (Å²) < 4.78 is 0. The SMILES string of the molecule is CC[C@H](C)[C@H](NC(=O)C(CC(=O)NO)CC(C)C)C(=O)N[C@H](C(=O)NCC(=O)NCC(=O)N[C@@H](CCCCNC(=O)CCCC[C@@H]1SC[C@@H]2NC(=O)N[C@@H]21)C(N)=O)[C@@H](C)O. The second kappa shape index (κ2) is 26.5. The molecule has 21 nitrogen and oxygen atoms in total. The number of primary amides is 1. The minimum absolute atomic E-state index is 0.00820. The van der Waals surface area contributed by atoms with E-state index in [4.69, 9.17) is 10.9 Å². The fourth-order valence-electron chi connectivity index (χ4n) is 6.86. The molecule has 0 saturated carbocycles. The van der Waals surface area contributed by atoms with E-state index in [0.29, 0.717) is 37.5 Å². The zero-order valence-electron chi connectivity index (χ0n) is 35.2. The van der Waals surface area contributed by atoms with Crippen LogP contribution in [-0.4, -0.2) is 131 Å². The molecule has 2 fully saturated rings. The summed E-state index contributed by atoms with van der Waals surface area (Å²) in [7, 11) is 0. The highest BCUT2D eigenvalue weighted by molar-refractivity contribution is 8.00. The molecule has 13 N–H and O–H groups in total. The Labute approximate surface area is 355 Å². The van der Waals surface area contributed by atoms with Gasteiger partial charge in [0.2, 0.25) is 47.3 Å². The zero-order chi connectivity index (χ0) is 44.9. The first-order chi connectivity index (χ1) is 28.4. The largest absolute Gasteiger partial charge is 0.391 e. The van der Waals surface area contributed by atoms with Crippen LogP contribution in [0.25, 0.3) is 0 Å². The van der Waals surface area contributed by atoms with Crippen molar-refractivity contribution in [3.05, 3.63) is 0 Å². The van der Waals surface area contributed by atoms with Crippen LogP contribution in [0.2, 0.25) is 0 Å². The van der Waals surface area contributed by atoms with Gasteiger partial charge in [-0.25, -0.2) is 10.3 Å². The molecule has 0 aromatic heterocycles. The van der Waals surface area contributed by atoms with Crippen molar-refractivity contribution in [1.29, 1.82) is 0 Å². The number of fused-ring (bicyclic) bond motifs is 1. The zero-order valence-corrected chi connectivity index (χ0v) is 36.0. The van der Waals surface area contributed by atoms with Gasteiger partial charge < -0.3 is 53.4 Å². The van der Waals surface area contributed by atoms with E-state index in [1.807, 2.05) is 25.6 Å². The summed E-state index contributed by atoms with van der Waals surface area (Å²) in [5.74, 6) is -5.87. The summed E-state index contributed by atoms with van der Waals surface area (Å²) in [5.41, 5.74) is 6.97. The fraction of sp³-hybridized carbons (Fsp3) is 0.763. The number of nitrogens with one attached hydrogen (secondary N) is 9. The van der Waals surface area contributed by atoms with Crippen LogP contribution in [0.4, 0.5) is 4.79 Å². The molecular weight excluding hydrogens is 805 g/mol. The maximum atomic E-state index is 13.4. The molecule has 2 saturated heterocycles. The molecule has 1 unspecified atom stereocenters. The molecule has 2 aliphatic rings. The molecule has 2 aliphatic heterocycles. The number of hydrogen-bond donors (Lipinski definition) is 12. The van der Waals surface area contributed by atoms with Crippen LogP contribution in [0.5, 0.6) is 0 Å². The van der Waals surface area contributed by atoms with Crippen molar-refractivity contribution in [2.75, 3.05) is 25.4 Å². The van der Waals surface area contributed by atoms with Crippen LogP contribution >= 0.6 is 11.8 Å². The van der Waals surface area contributed by atoms with Gasteiger partial charge in [-0.1, -0.05) is 40.5 Å². The van der Waals surface area contributed by atoms with Gasteiger partial charge in [-0.15, -0.1) is 0 Å². The fourth-order valence-corrected chi connectivity index (χ4v) is 8.40. The lowest BCUT2D eigenvalue weighted by Gasteiger charge is -2.29. The first-order valence-electron chi connectivity index (χ1n) is 20.7. The highest BCUT2D eigenvalue weighted by atomic mass is 32.2. The highest BCUT2D eigenvalue weighted by Gasteiger charge is 2.42. The minimum atomic E-state index is -1.54. The van der Waals surface area contributed by atoms with E-state index in [1.54, 1.807) is 13.8 Å². The number of aliphatic hydroxyl groups excluding tert-OH is 1. The van der Waals surface area contributed by atoms with Crippen molar-refractivity contribution >= 4 is 65.1 Å². The number of rotatable bonds is 28. The Hall–Kier alpha value is -4.70. The molecule has 340 valence electrons. The van der Waals surface area contributed by atoms with Crippen LogP contribution in [0, 0.1) is 17.8 Å². The second-order valence-electron chi connectivity index (χ2n) is 15.9. The number of nitrogens with two attached hydrogens (primary N) is 1. The number of carbonyl (C=O) groups excluding carboxylic acids is 9. The van der Waals surface area contributed by atoms with E-state index < -0.39 is 90.5 Å². The summed E-state index contributed by atoms with van der Waals surface area (Å²) >= 11 is 1.83. The molecule has 10 amide bonds. The Morgan fingerprint density at radius 1 is 0.800 bits per heavy atom. The van der Waals surface area contributed by atoms with E-state index in [-0.39, 0.29) is 49.2 Å². The molecule has 9 atom stereocenters. The van der Waals surface area contributed by atoms with Crippen molar-refractivity contribution < 1.29 is 53.5 Å². The van der Waals surface area contributed by atoms with Gasteiger partial charge in [0.15, 0.2) is 0 Å². The average molecular weight is 871 g/mol. The molecule has 0 aliphatic carbocycles. The predicted octanol–water partition coefficient (Wildman–Crippen LogP) is -1.84. The highest BCUT2D eigenvalue weighted by Crippen LogP contribution is 2.33. The first kappa shape index (κ1) is 51.4. The van der Waals surface area contributed by atoms with Gasteiger partial charge in [0.25, 0.3) is 0 Å². The molecule has 60 heavy (non-hydrogen) atoms. The van der Waals surface area contributed by atoms with Crippen LogP contribution in [0.3, 0.4) is 0 Å². The third-order valence-electron chi connectivity index (χ3n) is 10.4. The van der Waals surface area contributed by atoms with Gasteiger partial charge in [0.05, 0.1) is 31.3 Å². The molecule has 0 bridgehead atoms. The molecular formula is C38H66N10O11S. The Bertz CT molecular complexity index is 1500. The van der Waals surface area contributed by atoms with Gasteiger partial charge >= 0.3 is 6.03 Å². The van der Waals surface area contributed by atoms with Crippen molar-refractivity contribution in [2.24, 2.45) is 23.5 Å². The number of hydroxylamine groups is 1.